The van der Waals surface area contributed by atoms with E-state index in [4.69, 9.17) is 5.73 Å². The maximum absolute atomic E-state index is 5.88. The normalized spacial score (nSPS) is 17.7. The first-order chi connectivity index (χ1) is 9.11. The molecule has 0 unspecified atom stereocenters. The fourth-order valence-corrected chi connectivity index (χ4v) is 3.35. The molecule has 0 aromatic heterocycles. The summed E-state index contributed by atoms with van der Waals surface area (Å²) in [4.78, 5) is 4.78. The van der Waals surface area contributed by atoms with Crippen molar-refractivity contribution in [2.24, 2.45) is 11.7 Å². The maximum atomic E-state index is 5.88. The third-order valence-electron chi connectivity index (χ3n) is 4.08. The van der Waals surface area contributed by atoms with Crippen LogP contribution >= 0.6 is 15.9 Å². The van der Waals surface area contributed by atoms with Crippen LogP contribution in [0, 0.1) is 5.92 Å². The highest BCUT2D eigenvalue weighted by Crippen LogP contribution is 2.28. The van der Waals surface area contributed by atoms with E-state index in [-0.39, 0.29) is 0 Å². The Kier molecular flexibility index (Phi) is 5.25. The first-order valence-electron chi connectivity index (χ1n) is 6.99. The molecule has 1 aromatic rings. The fourth-order valence-electron chi connectivity index (χ4n) is 2.84. The second-order valence-electron chi connectivity index (χ2n) is 5.57. The third kappa shape index (κ3) is 3.71. The maximum Gasteiger partial charge on any atom is 0.0420 e. The largest absolute Gasteiger partial charge is 0.374 e. The molecule has 3 nitrogen and oxygen atoms in total. The van der Waals surface area contributed by atoms with Gasteiger partial charge in [-0.15, -0.1) is 0 Å². The number of anilines is 1. The summed E-state index contributed by atoms with van der Waals surface area (Å²) in [7, 11) is 4.39. The monoisotopic (exact) mass is 325 g/mol. The van der Waals surface area contributed by atoms with Gasteiger partial charge in [0.2, 0.25) is 0 Å². The molecule has 0 radical (unpaired) electrons. The minimum atomic E-state index is 0.578. The molecule has 0 atom stereocenters. The van der Waals surface area contributed by atoms with Gasteiger partial charge in [-0.2, -0.15) is 0 Å². The van der Waals surface area contributed by atoms with E-state index >= 15 is 0 Å². The molecule has 2 rings (SSSR count). The van der Waals surface area contributed by atoms with Crippen molar-refractivity contribution in [3.63, 3.8) is 0 Å². The Hall–Kier alpha value is -0.580. The van der Waals surface area contributed by atoms with Gasteiger partial charge in [0.15, 0.2) is 0 Å². The summed E-state index contributed by atoms with van der Waals surface area (Å²) >= 11 is 3.60. The number of likely N-dealkylation sites (tertiary alicyclic amines) is 1. The Labute approximate surface area is 124 Å². The molecule has 1 aliphatic rings. The Balaban J connectivity index is 2.03. The molecule has 0 saturated carbocycles. The predicted molar refractivity (Wildman–Crippen MR) is 85.5 cm³/mol. The van der Waals surface area contributed by atoms with Crippen LogP contribution in [0.3, 0.4) is 0 Å². The van der Waals surface area contributed by atoms with Gasteiger partial charge >= 0.3 is 0 Å². The van der Waals surface area contributed by atoms with E-state index in [1.165, 1.54) is 37.2 Å². The number of halogens is 1. The molecular weight excluding hydrogens is 302 g/mol. The standard InChI is InChI=1S/C15H24BrN3/c1-18-8-6-12(7-9-18)11-19(2)15-5-3-4-14(16)13(15)10-17/h3-5,12H,6-11,17H2,1-2H3. The summed E-state index contributed by atoms with van der Waals surface area (Å²) in [6.45, 7) is 4.15. The fraction of sp³-hybridized carbons (Fsp3) is 0.600. The van der Waals surface area contributed by atoms with Crippen molar-refractivity contribution in [2.45, 2.75) is 19.4 Å². The van der Waals surface area contributed by atoms with E-state index < -0.39 is 0 Å². The van der Waals surface area contributed by atoms with Crippen molar-refractivity contribution in [3.8, 4) is 0 Å². The third-order valence-corrected chi connectivity index (χ3v) is 4.82. The number of rotatable bonds is 4. The van der Waals surface area contributed by atoms with Crippen LogP contribution in [0.15, 0.2) is 22.7 Å². The summed E-state index contributed by atoms with van der Waals surface area (Å²) in [5.41, 5.74) is 8.34. The zero-order valence-electron chi connectivity index (χ0n) is 11.9. The molecule has 0 spiro atoms. The number of piperidine rings is 1. The lowest BCUT2D eigenvalue weighted by Gasteiger charge is -2.33. The Morgan fingerprint density at radius 1 is 1.37 bits per heavy atom. The van der Waals surface area contributed by atoms with Crippen molar-refractivity contribution in [3.05, 3.63) is 28.2 Å². The topological polar surface area (TPSA) is 32.5 Å². The molecule has 1 aliphatic heterocycles. The lowest BCUT2D eigenvalue weighted by atomic mass is 9.96. The summed E-state index contributed by atoms with van der Waals surface area (Å²) in [6, 6.07) is 6.32. The van der Waals surface area contributed by atoms with Crippen molar-refractivity contribution in [2.75, 3.05) is 38.6 Å². The Morgan fingerprint density at radius 2 is 2.05 bits per heavy atom. The van der Waals surface area contributed by atoms with Crippen LogP contribution in [0.25, 0.3) is 0 Å². The van der Waals surface area contributed by atoms with Gasteiger partial charge in [0.1, 0.15) is 0 Å². The number of benzene rings is 1. The molecule has 4 heteroatoms. The van der Waals surface area contributed by atoms with Gasteiger partial charge in [0.25, 0.3) is 0 Å². The number of nitrogens with zero attached hydrogens (tertiary/aromatic N) is 2. The molecule has 19 heavy (non-hydrogen) atoms. The van der Waals surface area contributed by atoms with Crippen LogP contribution in [0.2, 0.25) is 0 Å². The zero-order valence-corrected chi connectivity index (χ0v) is 13.5. The van der Waals surface area contributed by atoms with E-state index in [0.29, 0.717) is 6.54 Å². The lowest BCUT2D eigenvalue weighted by molar-refractivity contribution is 0.222. The molecule has 1 fully saturated rings. The minimum Gasteiger partial charge on any atom is -0.374 e. The molecular formula is C15H24BrN3. The quantitative estimate of drug-likeness (QED) is 0.923. The van der Waals surface area contributed by atoms with Gasteiger partial charge in [-0.3, -0.25) is 0 Å². The number of hydrogen-bond acceptors (Lipinski definition) is 3. The molecule has 1 aromatic carbocycles. The van der Waals surface area contributed by atoms with Gasteiger partial charge in [-0.1, -0.05) is 22.0 Å². The molecule has 2 N–H and O–H groups in total. The summed E-state index contributed by atoms with van der Waals surface area (Å²) in [6.07, 6.45) is 2.60. The van der Waals surface area contributed by atoms with E-state index in [0.717, 1.165) is 16.9 Å². The van der Waals surface area contributed by atoms with Crippen LogP contribution in [0.5, 0.6) is 0 Å². The molecule has 1 saturated heterocycles. The van der Waals surface area contributed by atoms with Crippen molar-refractivity contribution in [1.82, 2.24) is 4.90 Å². The highest BCUT2D eigenvalue weighted by atomic mass is 79.9. The SMILES string of the molecule is CN1CCC(CN(C)c2cccc(Br)c2CN)CC1. The molecule has 106 valence electrons. The number of nitrogens with two attached hydrogens (primary N) is 1. The first kappa shape index (κ1) is 14.8. The van der Waals surface area contributed by atoms with Crippen LogP contribution in [0.4, 0.5) is 5.69 Å². The van der Waals surface area contributed by atoms with Gasteiger partial charge < -0.3 is 15.5 Å². The predicted octanol–water partition coefficient (Wildman–Crippen LogP) is 2.69. The molecule has 0 bridgehead atoms. The van der Waals surface area contributed by atoms with Gasteiger partial charge in [0.05, 0.1) is 0 Å². The van der Waals surface area contributed by atoms with Crippen molar-refractivity contribution >= 4 is 21.6 Å². The minimum absolute atomic E-state index is 0.578. The van der Waals surface area contributed by atoms with Crippen LogP contribution < -0.4 is 10.6 Å². The van der Waals surface area contributed by atoms with E-state index in [2.05, 4.69) is 58.0 Å². The van der Waals surface area contributed by atoms with Gasteiger partial charge in [-0.05, 0) is 51.0 Å². The summed E-state index contributed by atoms with van der Waals surface area (Å²) < 4.78 is 1.11. The Morgan fingerprint density at radius 3 is 2.68 bits per heavy atom. The van der Waals surface area contributed by atoms with Crippen LogP contribution in [0.1, 0.15) is 18.4 Å². The lowest BCUT2D eigenvalue weighted by Crippen LogP contribution is -2.36. The second kappa shape index (κ2) is 6.73. The van der Waals surface area contributed by atoms with Crippen molar-refractivity contribution in [1.29, 1.82) is 0 Å². The van der Waals surface area contributed by atoms with E-state index in [1.807, 2.05) is 0 Å². The van der Waals surface area contributed by atoms with E-state index in [9.17, 15) is 0 Å². The zero-order chi connectivity index (χ0) is 13.8. The van der Waals surface area contributed by atoms with E-state index in [1.54, 1.807) is 0 Å². The smallest absolute Gasteiger partial charge is 0.0420 e. The second-order valence-corrected chi connectivity index (χ2v) is 6.42. The van der Waals surface area contributed by atoms with Crippen LogP contribution in [-0.4, -0.2) is 38.6 Å². The number of hydrogen-bond donors (Lipinski definition) is 1. The molecule has 0 aliphatic carbocycles. The first-order valence-corrected chi connectivity index (χ1v) is 7.78. The summed E-state index contributed by atoms with van der Waals surface area (Å²) in [5.74, 6) is 0.797. The van der Waals surface area contributed by atoms with Crippen molar-refractivity contribution < 1.29 is 0 Å². The van der Waals surface area contributed by atoms with Crippen LogP contribution in [-0.2, 0) is 6.54 Å². The average Bonchev–Trinajstić information content (AvgIpc) is 2.41. The molecule has 0 amide bonds. The highest BCUT2D eigenvalue weighted by Gasteiger charge is 2.19. The van der Waals surface area contributed by atoms with Gasteiger partial charge in [0, 0.05) is 35.9 Å². The van der Waals surface area contributed by atoms with Gasteiger partial charge in [-0.25, -0.2) is 0 Å². The Bertz CT molecular complexity index is 414. The highest BCUT2D eigenvalue weighted by molar-refractivity contribution is 9.10. The average molecular weight is 326 g/mol. The molecule has 1 heterocycles. The summed E-state index contributed by atoms with van der Waals surface area (Å²) in [5, 5.41) is 0.